The van der Waals surface area contributed by atoms with Crippen molar-refractivity contribution in [1.82, 2.24) is 15.0 Å². The van der Waals surface area contributed by atoms with Crippen LogP contribution in [-0.4, -0.2) is 60.7 Å². The summed E-state index contributed by atoms with van der Waals surface area (Å²) in [5.41, 5.74) is 0.824. The molecule has 0 atom stereocenters. The van der Waals surface area contributed by atoms with E-state index in [1.54, 1.807) is 6.33 Å². The van der Waals surface area contributed by atoms with E-state index >= 15 is 0 Å². The Bertz CT molecular complexity index is 809. The van der Waals surface area contributed by atoms with Gasteiger partial charge in [-0.15, -0.1) is 0 Å². The van der Waals surface area contributed by atoms with E-state index in [9.17, 15) is 8.42 Å². The zero-order valence-corrected chi connectivity index (χ0v) is 13.8. The second-order valence-corrected chi connectivity index (χ2v) is 8.85. The van der Waals surface area contributed by atoms with Crippen molar-refractivity contribution in [2.45, 2.75) is 24.1 Å². The van der Waals surface area contributed by atoms with Gasteiger partial charge in [0.15, 0.2) is 9.84 Å². The van der Waals surface area contributed by atoms with E-state index in [2.05, 4.69) is 19.9 Å². The fraction of sp³-hybridized carbons (Fsp3) is 0.600. The van der Waals surface area contributed by atoms with Crippen molar-refractivity contribution in [3.8, 4) is 0 Å². The molecule has 3 heterocycles. The summed E-state index contributed by atoms with van der Waals surface area (Å²) in [6.07, 6.45) is 5.19. The summed E-state index contributed by atoms with van der Waals surface area (Å²) in [5, 5.41) is 0.721. The minimum Gasteiger partial charge on any atom is -0.379 e. The summed E-state index contributed by atoms with van der Waals surface area (Å²) >= 11 is 0. The highest BCUT2D eigenvalue weighted by Gasteiger charge is 2.40. The summed E-state index contributed by atoms with van der Waals surface area (Å²) in [6.45, 7) is 0.732. The Balaban J connectivity index is 1.40. The maximum absolute atomic E-state index is 12.2. The zero-order chi connectivity index (χ0) is 16.0. The molecule has 0 spiro atoms. The lowest BCUT2D eigenvalue weighted by Crippen LogP contribution is -2.48. The van der Waals surface area contributed by atoms with Crippen molar-refractivity contribution in [3.63, 3.8) is 0 Å². The van der Waals surface area contributed by atoms with Crippen LogP contribution in [-0.2, 0) is 14.6 Å². The average Bonchev–Trinajstić information content (AvgIpc) is 2.87. The Labute approximate surface area is 135 Å². The molecule has 2 aromatic heterocycles. The monoisotopic (exact) mass is 336 g/mol. The normalized spacial score (nSPS) is 25.1. The van der Waals surface area contributed by atoms with Crippen LogP contribution in [0, 0.1) is 5.92 Å². The van der Waals surface area contributed by atoms with Gasteiger partial charge in [-0.2, -0.15) is 0 Å². The molecule has 0 radical (unpaired) electrons. The number of ether oxygens (including phenoxy) is 1. The molecule has 0 aromatic carbocycles. The predicted octanol–water partition coefficient (Wildman–Crippen LogP) is 0.986. The summed E-state index contributed by atoms with van der Waals surface area (Å²) in [7, 11) is -0.979. The zero-order valence-electron chi connectivity index (χ0n) is 13.0. The Morgan fingerprint density at radius 2 is 2.13 bits per heavy atom. The SMILES string of the molecule is CN(c1ncnc2[nH]ccc12)[C@H]1C[C@@H](CS(=O)(=O)C2COC2)C1. The number of H-pyrrole nitrogens is 1. The van der Waals surface area contributed by atoms with Gasteiger partial charge in [0.2, 0.25) is 0 Å². The molecule has 0 amide bonds. The first-order chi connectivity index (χ1) is 11.0. The molecule has 0 bridgehead atoms. The molecule has 1 N–H and O–H groups in total. The number of aromatic nitrogens is 3. The number of rotatable bonds is 5. The molecule has 1 aliphatic carbocycles. The van der Waals surface area contributed by atoms with Gasteiger partial charge in [-0.3, -0.25) is 0 Å². The minimum atomic E-state index is -3.00. The van der Waals surface area contributed by atoms with Crippen LogP contribution >= 0.6 is 0 Å². The summed E-state index contributed by atoms with van der Waals surface area (Å²) in [6, 6.07) is 2.30. The minimum absolute atomic E-state index is 0.247. The van der Waals surface area contributed by atoms with Crippen LogP contribution in [0.2, 0.25) is 0 Å². The highest BCUT2D eigenvalue weighted by atomic mass is 32.2. The van der Waals surface area contributed by atoms with Gasteiger partial charge in [0.1, 0.15) is 23.0 Å². The largest absolute Gasteiger partial charge is 0.379 e. The third-order valence-corrected chi connectivity index (χ3v) is 7.23. The predicted molar refractivity (Wildman–Crippen MR) is 87.2 cm³/mol. The molecule has 124 valence electrons. The molecule has 2 fully saturated rings. The van der Waals surface area contributed by atoms with Crippen molar-refractivity contribution in [2.75, 3.05) is 30.9 Å². The van der Waals surface area contributed by atoms with Crippen molar-refractivity contribution in [2.24, 2.45) is 5.92 Å². The van der Waals surface area contributed by atoms with Crippen molar-refractivity contribution in [1.29, 1.82) is 0 Å². The van der Waals surface area contributed by atoms with Crippen LogP contribution in [0.5, 0.6) is 0 Å². The van der Waals surface area contributed by atoms with E-state index < -0.39 is 9.84 Å². The number of anilines is 1. The Kier molecular flexibility index (Phi) is 3.53. The Morgan fingerprint density at radius 1 is 1.35 bits per heavy atom. The van der Waals surface area contributed by atoms with Crippen LogP contribution < -0.4 is 4.90 Å². The Hall–Kier alpha value is -1.67. The van der Waals surface area contributed by atoms with Crippen LogP contribution in [0.1, 0.15) is 12.8 Å². The number of nitrogens with one attached hydrogen (secondary N) is 1. The second-order valence-electron chi connectivity index (χ2n) is 6.53. The lowest BCUT2D eigenvalue weighted by atomic mass is 9.81. The molecule has 8 heteroatoms. The first kappa shape index (κ1) is 14.9. The van der Waals surface area contributed by atoms with Gasteiger partial charge >= 0.3 is 0 Å². The summed E-state index contributed by atoms with van der Waals surface area (Å²) < 4.78 is 29.4. The van der Waals surface area contributed by atoms with Crippen LogP contribution in [0.15, 0.2) is 18.6 Å². The maximum Gasteiger partial charge on any atom is 0.157 e. The molecule has 1 saturated heterocycles. The fourth-order valence-electron chi connectivity index (χ4n) is 3.35. The molecular weight excluding hydrogens is 316 g/mol. The highest BCUT2D eigenvalue weighted by Crippen LogP contribution is 2.36. The molecule has 4 rings (SSSR count). The third-order valence-electron chi connectivity index (χ3n) is 5.01. The topological polar surface area (TPSA) is 88.2 Å². The summed E-state index contributed by atoms with van der Waals surface area (Å²) in [4.78, 5) is 13.8. The van der Waals surface area contributed by atoms with Crippen molar-refractivity contribution in [3.05, 3.63) is 18.6 Å². The van der Waals surface area contributed by atoms with Crippen LogP contribution in [0.3, 0.4) is 0 Å². The number of nitrogens with zero attached hydrogens (tertiary/aromatic N) is 3. The number of hydrogen-bond donors (Lipinski definition) is 1. The molecule has 7 nitrogen and oxygen atoms in total. The molecule has 1 aliphatic heterocycles. The third kappa shape index (κ3) is 2.59. The van der Waals surface area contributed by atoms with Gasteiger partial charge in [-0.25, -0.2) is 18.4 Å². The molecule has 23 heavy (non-hydrogen) atoms. The summed E-state index contributed by atoms with van der Waals surface area (Å²) in [5.74, 6) is 1.43. The van der Waals surface area contributed by atoms with E-state index in [0.717, 1.165) is 29.7 Å². The van der Waals surface area contributed by atoms with Gasteiger partial charge in [-0.1, -0.05) is 0 Å². The lowest BCUT2D eigenvalue weighted by molar-refractivity contribution is 0.0413. The standard InChI is InChI=1S/C15H20N4O3S/c1-19(15-13-2-3-16-14(13)17-9-18-15)11-4-10(5-11)8-23(20,21)12-6-22-7-12/h2-3,9-12H,4-8H2,1H3,(H,16,17,18)/t10-,11+. The van der Waals surface area contributed by atoms with Gasteiger partial charge < -0.3 is 14.6 Å². The molecular formula is C15H20N4O3S. The van der Waals surface area contributed by atoms with E-state index in [0.29, 0.717) is 19.3 Å². The lowest BCUT2D eigenvalue weighted by Gasteiger charge is -2.42. The van der Waals surface area contributed by atoms with E-state index in [4.69, 9.17) is 4.74 Å². The van der Waals surface area contributed by atoms with Crippen LogP contribution in [0.4, 0.5) is 5.82 Å². The van der Waals surface area contributed by atoms with Crippen molar-refractivity contribution >= 4 is 26.7 Å². The van der Waals surface area contributed by atoms with Gasteiger partial charge in [0.05, 0.1) is 24.4 Å². The van der Waals surface area contributed by atoms with E-state index in [1.165, 1.54) is 0 Å². The second kappa shape index (κ2) is 5.45. The highest BCUT2D eigenvalue weighted by molar-refractivity contribution is 7.92. The number of hydrogen-bond acceptors (Lipinski definition) is 6. The first-order valence-electron chi connectivity index (χ1n) is 7.85. The van der Waals surface area contributed by atoms with E-state index in [1.807, 2.05) is 19.3 Å². The first-order valence-corrected chi connectivity index (χ1v) is 9.56. The molecule has 1 saturated carbocycles. The van der Waals surface area contributed by atoms with E-state index in [-0.39, 0.29) is 16.9 Å². The fourth-order valence-corrected chi connectivity index (χ4v) is 5.16. The maximum atomic E-state index is 12.2. The molecule has 2 aromatic rings. The Morgan fingerprint density at radius 3 is 2.83 bits per heavy atom. The smallest absolute Gasteiger partial charge is 0.157 e. The number of fused-ring (bicyclic) bond motifs is 1. The average molecular weight is 336 g/mol. The molecule has 0 unspecified atom stereocenters. The van der Waals surface area contributed by atoms with Gasteiger partial charge in [-0.05, 0) is 24.8 Å². The number of sulfone groups is 1. The van der Waals surface area contributed by atoms with Crippen molar-refractivity contribution < 1.29 is 13.2 Å². The van der Waals surface area contributed by atoms with Gasteiger partial charge in [0.25, 0.3) is 0 Å². The quantitative estimate of drug-likeness (QED) is 0.876. The number of aromatic amines is 1. The van der Waals surface area contributed by atoms with Crippen LogP contribution in [0.25, 0.3) is 11.0 Å². The van der Waals surface area contributed by atoms with Gasteiger partial charge in [0, 0.05) is 19.3 Å². The molecule has 2 aliphatic rings.